The third kappa shape index (κ3) is 6.77. The minimum atomic E-state index is -0.155. The van der Waals surface area contributed by atoms with Crippen molar-refractivity contribution in [2.24, 2.45) is 0 Å². The molecular formula is C23H31N3O4. The molecule has 0 saturated carbocycles. The maximum atomic E-state index is 12.7. The van der Waals surface area contributed by atoms with Crippen LogP contribution in [0.5, 0.6) is 11.5 Å². The summed E-state index contributed by atoms with van der Waals surface area (Å²) in [6, 6.07) is 13.2. The highest BCUT2D eigenvalue weighted by Gasteiger charge is 2.17. The maximum Gasteiger partial charge on any atom is 0.238 e. The van der Waals surface area contributed by atoms with E-state index in [-0.39, 0.29) is 24.9 Å². The normalized spacial score (nSPS) is 10.6. The quantitative estimate of drug-likeness (QED) is 0.649. The highest BCUT2D eigenvalue weighted by Crippen LogP contribution is 2.28. The number of rotatable bonds is 10. The van der Waals surface area contributed by atoms with Gasteiger partial charge in [-0.15, -0.1) is 0 Å². The number of carbonyl (C=O) groups excluding carboxylic acids is 2. The fourth-order valence-electron chi connectivity index (χ4n) is 3.05. The van der Waals surface area contributed by atoms with Gasteiger partial charge in [-0.25, -0.2) is 0 Å². The second-order valence-corrected chi connectivity index (χ2v) is 7.18. The largest absolute Gasteiger partial charge is 0.493 e. The molecule has 0 fully saturated rings. The Morgan fingerprint density at radius 2 is 1.63 bits per heavy atom. The van der Waals surface area contributed by atoms with Crippen LogP contribution in [-0.4, -0.2) is 62.5 Å². The van der Waals surface area contributed by atoms with Gasteiger partial charge in [-0.1, -0.05) is 23.8 Å². The number of carbonyl (C=O) groups is 2. The zero-order valence-corrected chi connectivity index (χ0v) is 18.4. The van der Waals surface area contributed by atoms with Gasteiger partial charge in [0.1, 0.15) is 0 Å². The fraction of sp³-hybridized carbons (Fsp3) is 0.391. The van der Waals surface area contributed by atoms with E-state index in [4.69, 9.17) is 9.47 Å². The van der Waals surface area contributed by atoms with Crippen LogP contribution in [0.25, 0.3) is 0 Å². The van der Waals surface area contributed by atoms with Crippen molar-refractivity contribution in [1.29, 1.82) is 0 Å². The van der Waals surface area contributed by atoms with Crippen molar-refractivity contribution in [3.05, 3.63) is 53.6 Å². The zero-order chi connectivity index (χ0) is 22.1. The van der Waals surface area contributed by atoms with Crippen LogP contribution in [0, 0.1) is 6.92 Å². The van der Waals surface area contributed by atoms with E-state index in [1.54, 1.807) is 31.1 Å². The summed E-state index contributed by atoms with van der Waals surface area (Å²) in [6.45, 7) is 5.24. The van der Waals surface area contributed by atoms with Crippen molar-refractivity contribution in [2.75, 3.05) is 46.2 Å². The van der Waals surface area contributed by atoms with E-state index in [1.165, 1.54) is 0 Å². The average Bonchev–Trinajstić information content (AvgIpc) is 2.73. The van der Waals surface area contributed by atoms with Gasteiger partial charge in [-0.05, 0) is 50.7 Å². The molecule has 7 nitrogen and oxygen atoms in total. The van der Waals surface area contributed by atoms with Gasteiger partial charge in [-0.2, -0.15) is 0 Å². The van der Waals surface area contributed by atoms with Gasteiger partial charge >= 0.3 is 0 Å². The number of hydrogen-bond donors (Lipinski definition) is 1. The highest BCUT2D eigenvalue weighted by molar-refractivity contribution is 5.92. The number of methoxy groups -OCH3 is 2. The molecule has 0 aliphatic carbocycles. The Morgan fingerprint density at radius 1 is 0.967 bits per heavy atom. The highest BCUT2D eigenvalue weighted by atomic mass is 16.5. The number of nitrogens with zero attached hydrogens (tertiary/aromatic N) is 2. The summed E-state index contributed by atoms with van der Waals surface area (Å²) >= 11 is 0. The molecule has 0 saturated heterocycles. The summed E-state index contributed by atoms with van der Waals surface area (Å²) in [5.74, 6) is 1.08. The van der Waals surface area contributed by atoms with Gasteiger partial charge in [0.15, 0.2) is 11.5 Å². The van der Waals surface area contributed by atoms with E-state index in [0.29, 0.717) is 24.6 Å². The summed E-state index contributed by atoms with van der Waals surface area (Å²) < 4.78 is 10.6. The van der Waals surface area contributed by atoms with Crippen LogP contribution in [0.1, 0.15) is 18.1 Å². The molecule has 0 bridgehead atoms. The molecular weight excluding hydrogens is 382 g/mol. The van der Waals surface area contributed by atoms with Gasteiger partial charge in [0.2, 0.25) is 11.8 Å². The number of aryl methyl sites for hydroxylation is 1. The molecule has 0 atom stereocenters. The molecule has 30 heavy (non-hydrogen) atoms. The third-order valence-electron chi connectivity index (χ3n) is 4.71. The Kier molecular flexibility index (Phi) is 8.68. The van der Waals surface area contributed by atoms with E-state index in [2.05, 4.69) is 5.32 Å². The molecule has 0 aliphatic heterocycles. The molecule has 2 aromatic carbocycles. The lowest BCUT2D eigenvalue weighted by molar-refractivity contribution is -0.132. The van der Waals surface area contributed by atoms with Gasteiger partial charge in [0, 0.05) is 18.8 Å². The van der Waals surface area contributed by atoms with Crippen molar-refractivity contribution in [2.45, 2.75) is 20.4 Å². The number of likely N-dealkylation sites (N-methyl/N-ethyl adjacent to an activating group) is 2. The Bertz CT molecular complexity index is 852. The minimum absolute atomic E-state index is 0.0436. The summed E-state index contributed by atoms with van der Waals surface area (Å²) in [4.78, 5) is 28.4. The lowest BCUT2D eigenvalue weighted by Gasteiger charge is -2.24. The molecule has 0 radical (unpaired) electrons. The monoisotopic (exact) mass is 413 g/mol. The molecule has 2 amide bonds. The smallest absolute Gasteiger partial charge is 0.238 e. The lowest BCUT2D eigenvalue weighted by atomic mass is 10.2. The topological polar surface area (TPSA) is 71.1 Å². The Balaban J connectivity index is 1.90. The van der Waals surface area contributed by atoms with Crippen LogP contribution in [-0.2, 0) is 16.1 Å². The predicted molar refractivity (Wildman–Crippen MR) is 118 cm³/mol. The lowest BCUT2D eigenvalue weighted by Crippen LogP contribution is -2.41. The fourth-order valence-corrected chi connectivity index (χ4v) is 3.05. The standard InChI is InChI=1S/C23H31N3O4/c1-6-26(14-18-9-12-20(29-4)21(13-18)30-5)23(28)16-25(3)15-22(27)24-19-10-7-17(2)8-11-19/h7-13H,6,14-16H2,1-5H3,(H,24,27). The molecule has 7 heteroatoms. The van der Waals surface area contributed by atoms with Crippen molar-refractivity contribution in [3.63, 3.8) is 0 Å². The molecule has 162 valence electrons. The first kappa shape index (κ1) is 23.2. The minimum Gasteiger partial charge on any atom is -0.493 e. The summed E-state index contributed by atoms with van der Waals surface area (Å²) in [7, 11) is 4.93. The predicted octanol–water partition coefficient (Wildman–Crippen LogP) is 2.93. The summed E-state index contributed by atoms with van der Waals surface area (Å²) in [5.41, 5.74) is 2.82. The number of ether oxygens (including phenoxy) is 2. The number of anilines is 1. The van der Waals surface area contributed by atoms with Crippen molar-refractivity contribution in [3.8, 4) is 11.5 Å². The van der Waals surface area contributed by atoms with Crippen molar-refractivity contribution < 1.29 is 19.1 Å². The van der Waals surface area contributed by atoms with Crippen LogP contribution in [0.4, 0.5) is 5.69 Å². The van der Waals surface area contributed by atoms with Crippen LogP contribution >= 0.6 is 0 Å². The third-order valence-corrected chi connectivity index (χ3v) is 4.71. The van der Waals surface area contributed by atoms with Gasteiger partial charge in [-0.3, -0.25) is 14.5 Å². The molecule has 0 unspecified atom stereocenters. The SMILES string of the molecule is CCN(Cc1ccc(OC)c(OC)c1)C(=O)CN(C)CC(=O)Nc1ccc(C)cc1. The van der Waals surface area contributed by atoms with Gasteiger partial charge in [0.25, 0.3) is 0 Å². The summed E-state index contributed by atoms with van der Waals surface area (Å²) in [5, 5.41) is 2.85. The molecule has 2 rings (SSSR count). The van der Waals surface area contributed by atoms with Gasteiger partial charge < -0.3 is 19.7 Å². The van der Waals surface area contributed by atoms with E-state index in [1.807, 2.05) is 56.3 Å². The Labute approximate surface area is 178 Å². The van der Waals surface area contributed by atoms with Gasteiger partial charge in [0.05, 0.1) is 27.3 Å². The average molecular weight is 414 g/mol. The van der Waals surface area contributed by atoms with Crippen LogP contribution in [0.15, 0.2) is 42.5 Å². The van der Waals surface area contributed by atoms with E-state index in [0.717, 1.165) is 16.8 Å². The van der Waals surface area contributed by atoms with E-state index < -0.39 is 0 Å². The first-order valence-electron chi connectivity index (χ1n) is 9.90. The Hall–Kier alpha value is -3.06. The van der Waals surface area contributed by atoms with E-state index >= 15 is 0 Å². The molecule has 2 aromatic rings. The molecule has 0 heterocycles. The first-order chi connectivity index (χ1) is 14.4. The second kappa shape index (κ2) is 11.2. The zero-order valence-electron chi connectivity index (χ0n) is 18.4. The van der Waals surface area contributed by atoms with E-state index in [9.17, 15) is 9.59 Å². The molecule has 1 N–H and O–H groups in total. The first-order valence-corrected chi connectivity index (χ1v) is 9.90. The Morgan fingerprint density at radius 3 is 2.23 bits per heavy atom. The molecule has 0 aliphatic rings. The number of nitrogens with one attached hydrogen (secondary N) is 1. The van der Waals surface area contributed by atoms with Crippen LogP contribution < -0.4 is 14.8 Å². The molecule has 0 aromatic heterocycles. The van der Waals surface area contributed by atoms with Crippen LogP contribution in [0.3, 0.4) is 0 Å². The van der Waals surface area contributed by atoms with Crippen molar-refractivity contribution in [1.82, 2.24) is 9.80 Å². The number of amides is 2. The summed E-state index contributed by atoms with van der Waals surface area (Å²) in [6.07, 6.45) is 0. The number of hydrogen-bond acceptors (Lipinski definition) is 5. The maximum absolute atomic E-state index is 12.7. The number of benzene rings is 2. The van der Waals surface area contributed by atoms with Crippen LogP contribution in [0.2, 0.25) is 0 Å². The van der Waals surface area contributed by atoms with Crippen molar-refractivity contribution >= 4 is 17.5 Å². The second-order valence-electron chi connectivity index (χ2n) is 7.18. The molecule has 0 spiro atoms.